The van der Waals surface area contributed by atoms with E-state index in [1.807, 2.05) is 11.7 Å². The lowest BCUT2D eigenvalue weighted by molar-refractivity contribution is 0.0760. The SMILES string of the molecule is CCc1nn(C)c2c1nc(CCCl)n2C1(C)CCOC1C. The van der Waals surface area contributed by atoms with Gasteiger partial charge in [-0.25, -0.2) is 4.98 Å². The van der Waals surface area contributed by atoms with Gasteiger partial charge in [-0.3, -0.25) is 4.68 Å². The zero-order chi connectivity index (χ0) is 15.2. The van der Waals surface area contributed by atoms with Crippen molar-refractivity contribution in [3.05, 3.63) is 11.5 Å². The number of hydrogen-bond donors (Lipinski definition) is 0. The molecule has 2 aromatic rings. The van der Waals surface area contributed by atoms with Crippen LogP contribution in [-0.4, -0.2) is 37.9 Å². The summed E-state index contributed by atoms with van der Waals surface area (Å²) >= 11 is 6.00. The van der Waals surface area contributed by atoms with E-state index in [2.05, 4.69) is 30.4 Å². The fraction of sp³-hybridized carbons (Fsp3) is 0.733. The number of imidazole rings is 1. The summed E-state index contributed by atoms with van der Waals surface area (Å²) in [6, 6.07) is 0. The van der Waals surface area contributed by atoms with Gasteiger partial charge in [0, 0.05) is 26.0 Å². The van der Waals surface area contributed by atoms with Crippen LogP contribution in [0.3, 0.4) is 0 Å². The summed E-state index contributed by atoms with van der Waals surface area (Å²) in [7, 11) is 1.99. The number of fused-ring (bicyclic) bond motifs is 1. The average molecular weight is 311 g/mol. The molecule has 0 radical (unpaired) electrons. The van der Waals surface area contributed by atoms with E-state index in [4.69, 9.17) is 21.3 Å². The molecule has 0 amide bonds. The van der Waals surface area contributed by atoms with Crippen molar-refractivity contribution in [2.75, 3.05) is 12.5 Å². The maximum absolute atomic E-state index is 6.00. The van der Waals surface area contributed by atoms with Crippen molar-refractivity contribution in [2.45, 2.75) is 51.7 Å². The van der Waals surface area contributed by atoms with Crippen molar-refractivity contribution in [1.29, 1.82) is 0 Å². The number of hydrogen-bond acceptors (Lipinski definition) is 3. The Hall–Kier alpha value is -1.07. The lowest BCUT2D eigenvalue weighted by Gasteiger charge is -2.31. The smallest absolute Gasteiger partial charge is 0.159 e. The van der Waals surface area contributed by atoms with Gasteiger partial charge in [0.25, 0.3) is 0 Å². The molecule has 1 fully saturated rings. The predicted octanol–water partition coefficient (Wildman–Crippen LogP) is 2.64. The molecule has 0 N–H and O–H groups in total. The van der Waals surface area contributed by atoms with Gasteiger partial charge in [0.15, 0.2) is 5.65 Å². The molecule has 3 rings (SSSR count). The van der Waals surface area contributed by atoms with E-state index < -0.39 is 0 Å². The summed E-state index contributed by atoms with van der Waals surface area (Å²) in [4.78, 5) is 4.86. The van der Waals surface area contributed by atoms with Crippen molar-refractivity contribution in [1.82, 2.24) is 19.3 Å². The summed E-state index contributed by atoms with van der Waals surface area (Å²) < 4.78 is 10.1. The molecule has 0 saturated carbocycles. The summed E-state index contributed by atoms with van der Waals surface area (Å²) in [6.45, 7) is 7.30. The Morgan fingerprint density at radius 3 is 2.81 bits per heavy atom. The third-order valence-corrected chi connectivity index (χ3v) is 4.98. The Morgan fingerprint density at radius 2 is 2.24 bits per heavy atom. The van der Waals surface area contributed by atoms with Crippen LogP contribution < -0.4 is 0 Å². The largest absolute Gasteiger partial charge is 0.376 e. The molecule has 0 bridgehead atoms. The van der Waals surface area contributed by atoms with Crippen molar-refractivity contribution in [3.63, 3.8) is 0 Å². The van der Waals surface area contributed by atoms with Gasteiger partial charge < -0.3 is 9.30 Å². The standard InChI is InChI=1S/C15H23ClN4O/c1-5-11-13-14(19(4)18-11)20(12(17-13)6-8-16)15(3)7-9-21-10(15)2/h10H,5-9H2,1-4H3. The van der Waals surface area contributed by atoms with Crippen LogP contribution in [0.5, 0.6) is 0 Å². The van der Waals surface area contributed by atoms with Crippen LogP contribution in [0.1, 0.15) is 38.7 Å². The van der Waals surface area contributed by atoms with Crippen molar-refractivity contribution >= 4 is 22.8 Å². The topological polar surface area (TPSA) is 44.9 Å². The van der Waals surface area contributed by atoms with Gasteiger partial charge in [-0.2, -0.15) is 5.10 Å². The van der Waals surface area contributed by atoms with Crippen molar-refractivity contribution < 1.29 is 4.74 Å². The summed E-state index contributed by atoms with van der Waals surface area (Å²) in [6.07, 6.45) is 2.80. The number of aromatic nitrogens is 4. The molecule has 2 atom stereocenters. The van der Waals surface area contributed by atoms with Crippen LogP contribution in [0, 0.1) is 0 Å². The minimum atomic E-state index is -0.0883. The Kier molecular flexibility index (Phi) is 3.74. The number of ether oxygens (including phenoxy) is 1. The second kappa shape index (κ2) is 5.29. The van der Waals surface area contributed by atoms with E-state index >= 15 is 0 Å². The third-order valence-electron chi connectivity index (χ3n) is 4.79. The molecule has 5 nitrogen and oxygen atoms in total. The number of nitrogens with zero attached hydrogens (tertiary/aromatic N) is 4. The van der Waals surface area contributed by atoms with Crippen LogP contribution in [0.15, 0.2) is 0 Å². The molecule has 1 saturated heterocycles. The van der Waals surface area contributed by atoms with Gasteiger partial charge in [0.05, 0.1) is 17.3 Å². The third kappa shape index (κ3) is 2.09. The van der Waals surface area contributed by atoms with E-state index in [0.29, 0.717) is 5.88 Å². The summed E-state index contributed by atoms with van der Waals surface area (Å²) in [5, 5.41) is 4.62. The van der Waals surface area contributed by atoms with Gasteiger partial charge in [0.1, 0.15) is 11.3 Å². The highest BCUT2D eigenvalue weighted by molar-refractivity contribution is 6.17. The monoisotopic (exact) mass is 310 g/mol. The van der Waals surface area contributed by atoms with Gasteiger partial charge >= 0.3 is 0 Å². The Labute approximate surface area is 130 Å². The molecular weight excluding hydrogens is 288 g/mol. The Bertz CT molecular complexity index is 662. The molecular formula is C15H23ClN4O. The molecule has 21 heavy (non-hydrogen) atoms. The van der Waals surface area contributed by atoms with Crippen LogP contribution in [0.4, 0.5) is 0 Å². The highest BCUT2D eigenvalue weighted by Crippen LogP contribution is 2.37. The van der Waals surface area contributed by atoms with Crippen LogP contribution in [0.25, 0.3) is 11.2 Å². The van der Waals surface area contributed by atoms with E-state index in [-0.39, 0.29) is 11.6 Å². The molecule has 1 aliphatic heterocycles. The van der Waals surface area contributed by atoms with Crippen LogP contribution in [0.2, 0.25) is 0 Å². The molecule has 0 aromatic carbocycles. The zero-order valence-corrected chi connectivity index (χ0v) is 13.9. The zero-order valence-electron chi connectivity index (χ0n) is 13.2. The Morgan fingerprint density at radius 1 is 1.48 bits per heavy atom. The van der Waals surface area contributed by atoms with Crippen LogP contribution >= 0.6 is 11.6 Å². The minimum Gasteiger partial charge on any atom is -0.376 e. The first-order valence-electron chi connectivity index (χ1n) is 7.64. The van der Waals surface area contributed by atoms with Crippen LogP contribution in [-0.2, 0) is 30.2 Å². The molecule has 2 unspecified atom stereocenters. The molecule has 6 heteroatoms. The maximum Gasteiger partial charge on any atom is 0.159 e. The highest BCUT2D eigenvalue weighted by atomic mass is 35.5. The quantitative estimate of drug-likeness (QED) is 0.816. The number of rotatable bonds is 4. The first-order chi connectivity index (χ1) is 10.0. The second-order valence-corrected chi connectivity index (χ2v) is 6.40. The Balaban J connectivity index is 2.28. The van der Waals surface area contributed by atoms with E-state index in [9.17, 15) is 0 Å². The fourth-order valence-electron chi connectivity index (χ4n) is 3.37. The summed E-state index contributed by atoms with van der Waals surface area (Å²) in [5.74, 6) is 1.62. The fourth-order valence-corrected chi connectivity index (χ4v) is 3.54. The van der Waals surface area contributed by atoms with Gasteiger partial charge in [-0.1, -0.05) is 6.92 Å². The second-order valence-electron chi connectivity index (χ2n) is 6.02. The molecule has 0 spiro atoms. The van der Waals surface area contributed by atoms with E-state index in [1.54, 1.807) is 0 Å². The van der Waals surface area contributed by atoms with E-state index in [0.717, 1.165) is 48.6 Å². The normalized spacial score (nSPS) is 26.0. The number of halogens is 1. The van der Waals surface area contributed by atoms with Crippen molar-refractivity contribution in [3.8, 4) is 0 Å². The molecule has 3 heterocycles. The molecule has 116 valence electrons. The number of alkyl halides is 1. The molecule has 0 aliphatic carbocycles. The van der Waals surface area contributed by atoms with Gasteiger partial charge in [0.2, 0.25) is 0 Å². The molecule has 1 aliphatic rings. The van der Waals surface area contributed by atoms with E-state index in [1.165, 1.54) is 0 Å². The number of aryl methyl sites for hydroxylation is 3. The molecule has 2 aromatic heterocycles. The first kappa shape index (κ1) is 14.9. The van der Waals surface area contributed by atoms with Crippen molar-refractivity contribution in [2.24, 2.45) is 7.05 Å². The minimum absolute atomic E-state index is 0.0883. The predicted molar refractivity (Wildman–Crippen MR) is 84.0 cm³/mol. The summed E-state index contributed by atoms with van der Waals surface area (Å²) in [5.41, 5.74) is 3.07. The highest BCUT2D eigenvalue weighted by Gasteiger charge is 2.42. The average Bonchev–Trinajstić information content (AvgIpc) is 3.07. The lowest BCUT2D eigenvalue weighted by atomic mass is 9.94. The lowest BCUT2D eigenvalue weighted by Crippen LogP contribution is -2.38. The maximum atomic E-state index is 6.00. The van der Waals surface area contributed by atoms with Gasteiger partial charge in [-0.15, -0.1) is 11.6 Å². The van der Waals surface area contributed by atoms with Gasteiger partial charge in [-0.05, 0) is 26.7 Å². The first-order valence-corrected chi connectivity index (χ1v) is 8.17.